The molecular formula is C23H32N2O5. The Bertz CT molecular complexity index is 803. The van der Waals surface area contributed by atoms with Crippen LogP contribution in [0.25, 0.3) is 0 Å². The first-order valence-corrected chi connectivity index (χ1v) is 10.7. The van der Waals surface area contributed by atoms with Crippen molar-refractivity contribution < 1.29 is 23.9 Å². The molecule has 1 aromatic carbocycles. The van der Waals surface area contributed by atoms with Crippen molar-refractivity contribution in [2.24, 2.45) is 5.92 Å². The molecule has 0 N–H and O–H groups in total. The summed E-state index contributed by atoms with van der Waals surface area (Å²) in [6, 6.07) is 5.80. The average Bonchev–Trinajstić information content (AvgIpc) is 3.14. The second-order valence-electron chi connectivity index (χ2n) is 8.40. The van der Waals surface area contributed by atoms with Gasteiger partial charge in [0.15, 0.2) is 6.10 Å². The van der Waals surface area contributed by atoms with E-state index in [2.05, 4.69) is 0 Å². The second kappa shape index (κ2) is 9.49. The quantitative estimate of drug-likeness (QED) is 0.666. The first-order valence-electron chi connectivity index (χ1n) is 10.7. The Balaban J connectivity index is 1.61. The maximum absolute atomic E-state index is 12.7. The van der Waals surface area contributed by atoms with Crippen LogP contribution in [0.4, 0.5) is 5.69 Å². The van der Waals surface area contributed by atoms with E-state index in [-0.39, 0.29) is 30.8 Å². The summed E-state index contributed by atoms with van der Waals surface area (Å²) in [6.45, 7) is 3.76. The van der Waals surface area contributed by atoms with Gasteiger partial charge >= 0.3 is 5.97 Å². The fourth-order valence-corrected chi connectivity index (χ4v) is 4.37. The number of hydrogen-bond donors (Lipinski definition) is 0. The standard InChI is InChI=1S/C23H32N2O5/c1-15-10-11-20(29-4)19(12-15)25-14-17(13-21(25)26)23(28)30-16(2)22(27)24(3)18-8-6-5-7-9-18/h10-12,16-18H,5-9,13-14H2,1-4H3/t16-,17+/m1/s1. The zero-order valence-electron chi connectivity index (χ0n) is 18.3. The first kappa shape index (κ1) is 22.1. The van der Waals surface area contributed by atoms with Crippen LogP contribution in [0.3, 0.4) is 0 Å². The van der Waals surface area contributed by atoms with Gasteiger partial charge in [-0.25, -0.2) is 0 Å². The minimum atomic E-state index is -0.859. The summed E-state index contributed by atoms with van der Waals surface area (Å²) in [4.78, 5) is 41.3. The Morgan fingerprint density at radius 3 is 2.57 bits per heavy atom. The molecule has 7 nitrogen and oxygen atoms in total. The summed E-state index contributed by atoms with van der Waals surface area (Å²) >= 11 is 0. The van der Waals surface area contributed by atoms with E-state index in [1.165, 1.54) is 6.42 Å². The Hall–Kier alpha value is -2.57. The lowest BCUT2D eigenvalue weighted by atomic mass is 9.94. The molecule has 0 spiro atoms. The van der Waals surface area contributed by atoms with Gasteiger partial charge in [0.2, 0.25) is 5.91 Å². The highest BCUT2D eigenvalue weighted by molar-refractivity contribution is 6.00. The summed E-state index contributed by atoms with van der Waals surface area (Å²) in [6.07, 6.45) is 4.65. The second-order valence-corrected chi connectivity index (χ2v) is 8.40. The number of nitrogens with zero attached hydrogens (tertiary/aromatic N) is 2. The molecule has 7 heteroatoms. The largest absolute Gasteiger partial charge is 0.495 e. The average molecular weight is 417 g/mol. The summed E-state index contributed by atoms with van der Waals surface area (Å²) < 4.78 is 10.9. The lowest BCUT2D eigenvalue weighted by molar-refractivity contribution is -0.162. The third kappa shape index (κ3) is 4.77. The molecule has 1 aliphatic carbocycles. The number of methoxy groups -OCH3 is 1. The van der Waals surface area contributed by atoms with Crippen LogP contribution in [0.5, 0.6) is 5.75 Å². The molecule has 1 saturated carbocycles. The summed E-state index contributed by atoms with van der Waals surface area (Å²) in [5.74, 6) is -0.857. The molecular weight excluding hydrogens is 384 g/mol. The smallest absolute Gasteiger partial charge is 0.312 e. The Labute approximate surface area is 178 Å². The maximum atomic E-state index is 12.7. The number of carbonyl (C=O) groups excluding carboxylic acids is 3. The molecule has 0 bridgehead atoms. The van der Waals surface area contributed by atoms with Gasteiger partial charge < -0.3 is 19.3 Å². The van der Waals surface area contributed by atoms with Crippen LogP contribution in [-0.4, -0.2) is 55.5 Å². The number of anilines is 1. The number of hydrogen-bond acceptors (Lipinski definition) is 5. The van der Waals surface area contributed by atoms with Crippen LogP contribution in [0, 0.1) is 12.8 Å². The third-order valence-corrected chi connectivity index (χ3v) is 6.19. The third-order valence-electron chi connectivity index (χ3n) is 6.19. The summed E-state index contributed by atoms with van der Waals surface area (Å²) in [5.41, 5.74) is 1.65. The first-order chi connectivity index (χ1) is 14.3. The van der Waals surface area contributed by atoms with Crippen LogP contribution in [0.15, 0.2) is 18.2 Å². The minimum absolute atomic E-state index is 0.0648. The van der Waals surface area contributed by atoms with E-state index in [4.69, 9.17) is 9.47 Å². The molecule has 2 fully saturated rings. The Morgan fingerprint density at radius 1 is 1.20 bits per heavy atom. The Kier molecular flexibility index (Phi) is 7.00. The van der Waals surface area contributed by atoms with E-state index in [1.807, 2.05) is 25.1 Å². The molecule has 2 amide bonds. The van der Waals surface area contributed by atoms with E-state index in [0.29, 0.717) is 11.4 Å². The number of rotatable bonds is 6. The Morgan fingerprint density at radius 2 is 1.90 bits per heavy atom. The lowest BCUT2D eigenvalue weighted by Crippen LogP contribution is -2.44. The number of aryl methyl sites for hydroxylation is 1. The van der Waals surface area contributed by atoms with Crippen LogP contribution in [-0.2, 0) is 19.1 Å². The van der Waals surface area contributed by atoms with Gasteiger partial charge in [0.05, 0.1) is 18.7 Å². The molecule has 2 atom stereocenters. The molecule has 0 unspecified atom stereocenters. The van der Waals surface area contributed by atoms with Crippen LogP contribution in [0.1, 0.15) is 51.0 Å². The molecule has 0 radical (unpaired) electrons. The number of likely N-dealkylation sites (N-methyl/N-ethyl adjacent to an activating group) is 1. The van der Waals surface area contributed by atoms with Gasteiger partial charge in [0.25, 0.3) is 5.91 Å². The summed E-state index contributed by atoms with van der Waals surface area (Å²) in [7, 11) is 3.34. The van der Waals surface area contributed by atoms with Gasteiger partial charge in [-0.2, -0.15) is 0 Å². The molecule has 2 aliphatic rings. The zero-order valence-corrected chi connectivity index (χ0v) is 18.3. The van der Waals surface area contributed by atoms with E-state index in [9.17, 15) is 14.4 Å². The van der Waals surface area contributed by atoms with E-state index in [1.54, 1.807) is 30.9 Å². The number of esters is 1. The van der Waals surface area contributed by atoms with Crippen molar-refractivity contribution in [3.05, 3.63) is 23.8 Å². The molecule has 0 aromatic heterocycles. The SMILES string of the molecule is COc1ccc(C)cc1N1C[C@@H](C(=O)O[C@H](C)C(=O)N(C)C2CCCCC2)CC1=O. The van der Waals surface area contributed by atoms with Gasteiger partial charge in [0.1, 0.15) is 5.75 Å². The molecule has 1 saturated heterocycles. The molecule has 1 aliphatic heterocycles. The number of carbonyl (C=O) groups is 3. The van der Waals surface area contributed by atoms with Crippen LogP contribution < -0.4 is 9.64 Å². The monoisotopic (exact) mass is 416 g/mol. The molecule has 3 rings (SSSR count). The lowest BCUT2D eigenvalue weighted by Gasteiger charge is -2.32. The van der Waals surface area contributed by atoms with Crippen molar-refractivity contribution in [1.29, 1.82) is 0 Å². The van der Waals surface area contributed by atoms with Crippen molar-refractivity contribution >= 4 is 23.5 Å². The predicted molar refractivity (Wildman–Crippen MR) is 113 cm³/mol. The van der Waals surface area contributed by atoms with Crippen molar-refractivity contribution in [1.82, 2.24) is 4.90 Å². The molecule has 30 heavy (non-hydrogen) atoms. The highest BCUT2D eigenvalue weighted by atomic mass is 16.5. The van der Waals surface area contributed by atoms with Crippen LogP contribution >= 0.6 is 0 Å². The zero-order chi connectivity index (χ0) is 21.8. The van der Waals surface area contributed by atoms with E-state index in [0.717, 1.165) is 31.2 Å². The predicted octanol–water partition coefficient (Wildman–Crippen LogP) is 3.08. The van der Waals surface area contributed by atoms with Gasteiger partial charge in [-0.05, 0) is 44.4 Å². The number of amides is 2. The summed E-state index contributed by atoms with van der Waals surface area (Å²) in [5, 5.41) is 0. The fraction of sp³-hybridized carbons (Fsp3) is 0.609. The molecule has 1 heterocycles. The van der Waals surface area contributed by atoms with Crippen molar-refractivity contribution in [2.45, 2.75) is 64.5 Å². The fourth-order valence-electron chi connectivity index (χ4n) is 4.37. The van der Waals surface area contributed by atoms with Gasteiger partial charge in [-0.1, -0.05) is 25.3 Å². The van der Waals surface area contributed by atoms with Gasteiger partial charge in [-0.15, -0.1) is 0 Å². The molecule has 1 aromatic rings. The maximum Gasteiger partial charge on any atom is 0.312 e. The molecule has 164 valence electrons. The normalized spacial score (nSPS) is 20.7. The topological polar surface area (TPSA) is 76.2 Å². The van der Waals surface area contributed by atoms with Crippen LogP contribution in [0.2, 0.25) is 0 Å². The highest BCUT2D eigenvalue weighted by Gasteiger charge is 2.39. The number of benzene rings is 1. The number of ether oxygens (including phenoxy) is 2. The van der Waals surface area contributed by atoms with Gasteiger partial charge in [0, 0.05) is 26.1 Å². The minimum Gasteiger partial charge on any atom is -0.495 e. The van der Waals surface area contributed by atoms with Crippen molar-refractivity contribution in [2.75, 3.05) is 25.6 Å². The van der Waals surface area contributed by atoms with E-state index < -0.39 is 18.0 Å². The van der Waals surface area contributed by atoms with Crippen molar-refractivity contribution in [3.8, 4) is 5.75 Å². The highest BCUT2D eigenvalue weighted by Crippen LogP contribution is 2.34. The van der Waals surface area contributed by atoms with Gasteiger partial charge in [-0.3, -0.25) is 14.4 Å². The van der Waals surface area contributed by atoms with Crippen molar-refractivity contribution in [3.63, 3.8) is 0 Å². The van der Waals surface area contributed by atoms with E-state index >= 15 is 0 Å².